The number of carbonyl (C=O) groups excluding carboxylic acids is 1. The largest absolute Gasteiger partial charge is 0.345 e. The van der Waals surface area contributed by atoms with Crippen LogP contribution in [-0.2, 0) is 0 Å². The third kappa shape index (κ3) is 2.06. The Morgan fingerprint density at radius 1 is 1.56 bits per heavy atom. The smallest absolute Gasteiger partial charge is 0.289 e. The molecule has 3 rings (SSSR count). The topological polar surface area (TPSA) is 66.9 Å². The van der Waals surface area contributed by atoms with Crippen LogP contribution in [0.4, 0.5) is 4.39 Å². The van der Waals surface area contributed by atoms with E-state index < -0.39 is 11.9 Å². The molecular formula is C11H12ClFN4O. The third-order valence-electron chi connectivity index (χ3n) is 3.52. The Morgan fingerprint density at radius 3 is 3.00 bits per heavy atom. The monoisotopic (exact) mass is 270 g/mol. The van der Waals surface area contributed by atoms with Gasteiger partial charge in [0.25, 0.3) is 5.91 Å². The van der Waals surface area contributed by atoms with Crippen molar-refractivity contribution >= 4 is 17.5 Å². The lowest BCUT2D eigenvalue weighted by Crippen LogP contribution is -2.43. The van der Waals surface area contributed by atoms with E-state index in [1.54, 1.807) is 0 Å². The molecule has 3 atom stereocenters. The summed E-state index contributed by atoms with van der Waals surface area (Å²) in [6, 6.07) is 0.887. The van der Waals surface area contributed by atoms with Crippen molar-refractivity contribution in [2.24, 2.45) is 0 Å². The Balaban J connectivity index is 1.69. The quantitative estimate of drug-likeness (QED) is 0.784. The van der Waals surface area contributed by atoms with Crippen molar-refractivity contribution in [3.63, 3.8) is 0 Å². The number of hydrogen-bond acceptors (Lipinski definition) is 4. The number of fused-ring (bicyclic) bond motifs is 2. The Morgan fingerprint density at radius 2 is 2.39 bits per heavy atom. The predicted molar refractivity (Wildman–Crippen MR) is 62.8 cm³/mol. The highest BCUT2D eigenvalue weighted by Crippen LogP contribution is 2.28. The Labute approximate surface area is 108 Å². The highest BCUT2D eigenvalue weighted by Gasteiger charge is 2.39. The van der Waals surface area contributed by atoms with E-state index in [1.807, 2.05) is 0 Å². The lowest BCUT2D eigenvalue weighted by molar-refractivity contribution is 0.0919. The molecule has 2 fully saturated rings. The van der Waals surface area contributed by atoms with Crippen molar-refractivity contribution in [1.29, 1.82) is 0 Å². The predicted octanol–water partition coefficient (Wildman–Crippen LogP) is 0.892. The van der Waals surface area contributed by atoms with E-state index in [2.05, 4.69) is 20.6 Å². The minimum atomic E-state index is -0.872. The maximum absolute atomic E-state index is 13.1. The zero-order valence-corrected chi connectivity index (χ0v) is 10.2. The number of halogens is 2. The van der Waals surface area contributed by atoms with E-state index in [9.17, 15) is 9.18 Å². The standard InChI is InChI=1S/C11H12ClFN4O/c12-6-4-14-10(17-9(6)13)11(18)16-8-3-5-1-2-7(8)15-5/h4-5,7-8,15H,1-3H2,(H,16,18). The van der Waals surface area contributed by atoms with Crippen LogP contribution >= 0.6 is 11.6 Å². The molecule has 5 nitrogen and oxygen atoms in total. The van der Waals surface area contributed by atoms with Crippen LogP contribution in [0.2, 0.25) is 5.02 Å². The SMILES string of the molecule is O=C(NC1CC2CCC1N2)c1ncc(Cl)c(F)n1. The normalized spacial score (nSPS) is 29.6. The van der Waals surface area contributed by atoms with E-state index in [4.69, 9.17) is 11.6 Å². The molecule has 2 saturated heterocycles. The summed E-state index contributed by atoms with van der Waals surface area (Å²) in [6.07, 6.45) is 4.22. The van der Waals surface area contributed by atoms with Gasteiger partial charge in [0.1, 0.15) is 5.02 Å². The maximum Gasteiger partial charge on any atom is 0.289 e. The van der Waals surface area contributed by atoms with Gasteiger partial charge in [0.15, 0.2) is 0 Å². The van der Waals surface area contributed by atoms with Gasteiger partial charge in [0.2, 0.25) is 11.8 Å². The molecule has 3 unspecified atom stereocenters. The van der Waals surface area contributed by atoms with E-state index in [0.717, 1.165) is 25.5 Å². The molecule has 96 valence electrons. The third-order valence-corrected chi connectivity index (χ3v) is 3.77. The molecule has 3 heterocycles. The van der Waals surface area contributed by atoms with Crippen molar-refractivity contribution in [1.82, 2.24) is 20.6 Å². The van der Waals surface area contributed by atoms with Crippen molar-refractivity contribution in [3.05, 3.63) is 23.0 Å². The van der Waals surface area contributed by atoms with Crippen LogP contribution in [-0.4, -0.2) is 34.0 Å². The molecule has 18 heavy (non-hydrogen) atoms. The van der Waals surface area contributed by atoms with Gasteiger partial charge in [-0.1, -0.05) is 11.6 Å². The molecule has 1 aromatic rings. The van der Waals surface area contributed by atoms with E-state index in [-0.39, 0.29) is 16.9 Å². The molecule has 2 aliphatic heterocycles. The number of rotatable bonds is 2. The van der Waals surface area contributed by atoms with Crippen LogP contribution < -0.4 is 10.6 Å². The molecule has 0 aliphatic carbocycles. The van der Waals surface area contributed by atoms with Gasteiger partial charge in [0.05, 0.1) is 6.20 Å². The molecule has 2 aliphatic rings. The van der Waals surface area contributed by atoms with Gasteiger partial charge in [-0.25, -0.2) is 4.98 Å². The van der Waals surface area contributed by atoms with Gasteiger partial charge in [-0.2, -0.15) is 9.37 Å². The zero-order chi connectivity index (χ0) is 12.7. The van der Waals surface area contributed by atoms with Gasteiger partial charge in [-0.3, -0.25) is 4.79 Å². The van der Waals surface area contributed by atoms with Crippen LogP contribution in [0.1, 0.15) is 29.9 Å². The lowest BCUT2D eigenvalue weighted by Gasteiger charge is -2.20. The number of carbonyl (C=O) groups is 1. The molecule has 7 heteroatoms. The van der Waals surface area contributed by atoms with Crippen molar-refractivity contribution in [2.75, 3.05) is 0 Å². The second-order valence-corrected chi connectivity index (χ2v) is 5.10. The summed E-state index contributed by atoms with van der Waals surface area (Å²) >= 11 is 5.47. The average molecular weight is 271 g/mol. The first-order valence-corrected chi connectivity index (χ1v) is 6.26. The van der Waals surface area contributed by atoms with Gasteiger partial charge in [0, 0.05) is 18.1 Å². The summed E-state index contributed by atoms with van der Waals surface area (Å²) in [5, 5.41) is 6.05. The van der Waals surface area contributed by atoms with Crippen LogP contribution in [0.25, 0.3) is 0 Å². The summed E-state index contributed by atoms with van der Waals surface area (Å²) in [6.45, 7) is 0. The van der Waals surface area contributed by atoms with Gasteiger partial charge >= 0.3 is 0 Å². The van der Waals surface area contributed by atoms with Crippen LogP contribution in [0, 0.1) is 5.95 Å². The lowest BCUT2D eigenvalue weighted by atomic mass is 9.95. The zero-order valence-electron chi connectivity index (χ0n) is 9.49. The van der Waals surface area contributed by atoms with E-state index in [0.29, 0.717) is 12.1 Å². The highest BCUT2D eigenvalue weighted by molar-refractivity contribution is 6.30. The second kappa shape index (κ2) is 4.44. The van der Waals surface area contributed by atoms with Crippen molar-refractivity contribution in [2.45, 2.75) is 37.4 Å². The molecule has 2 N–H and O–H groups in total. The fraction of sp³-hybridized carbons (Fsp3) is 0.545. The maximum atomic E-state index is 13.1. The van der Waals surface area contributed by atoms with Crippen molar-refractivity contribution in [3.8, 4) is 0 Å². The fourth-order valence-electron chi connectivity index (χ4n) is 2.67. The molecule has 1 amide bonds. The van der Waals surface area contributed by atoms with Gasteiger partial charge in [-0.05, 0) is 19.3 Å². The molecule has 0 spiro atoms. The summed E-state index contributed by atoms with van der Waals surface area (Å²) in [7, 11) is 0. The first-order chi connectivity index (χ1) is 8.63. The first-order valence-electron chi connectivity index (χ1n) is 5.88. The number of nitrogens with one attached hydrogen (secondary N) is 2. The number of aromatic nitrogens is 2. The minimum Gasteiger partial charge on any atom is -0.345 e. The van der Waals surface area contributed by atoms with Crippen molar-refractivity contribution < 1.29 is 9.18 Å². The van der Waals surface area contributed by atoms with Crippen LogP contribution in [0.3, 0.4) is 0 Å². The van der Waals surface area contributed by atoms with E-state index >= 15 is 0 Å². The van der Waals surface area contributed by atoms with E-state index in [1.165, 1.54) is 0 Å². The summed E-state index contributed by atoms with van der Waals surface area (Å²) in [5.74, 6) is -1.51. The minimum absolute atomic E-state index is 0.0820. The second-order valence-electron chi connectivity index (χ2n) is 4.70. The summed E-state index contributed by atoms with van der Waals surface area (Å²) < 4.78 is 13.1. The number of amides is 1. The van der Waals surface area contributed by atoms with Crippen LogP contribution in [0.5, 0.6) is 0 Å². The first kappa shape index (κ1) is 11.8. The molecular weight excluding hydrogens is 259 g/mol. The molecule has 0 radical (unpaired) electrons. The van der Waals surface area contributed by atoms with Crippen LogP contribution in [0.15, 0.2) is 6.20 Å². The summed E-state index contributed by atoms with van der Waals surface area (Å²) in [5.41, 5.74) is 0. The Kier molecular flexibility index (Phi) is 2.91. The number of hydrogen-bond donors (Lipinski definition) is 2. The highest BCUT2D eigenvalue weighted by atomic mass is 35.5. The Bertz CT molecular complexity index is 498. The number of nitrogens with zero attached hydrogens (tertiary/aromatic N) is 2. The average Bonchev–Trinajstić information content (AvgIpc) is 2.94. The molecule has 1 aromatic heterocycles. The molecule has 0 saturated carbocycles. The molecule has 0 aromatic carbocycles. The Hall–Kier alpha value is -1.27. The summed E-state index contributed by atoms with van der Waals surface area (Å²) in [4.78, 5) is 19.0. The van der Waals surface area contributed by atoms with Gasteiger partial charge in [-0.15, -0.1) is 0 Å². The molecule has 2 bridgehead atoms. The fourth-order valence-corrected chi connectivity index (χ4v) is 2.76. The van der Waals surface area contributed by atoms with Gasteiger partial charge < -0.3 is 10.6 Å².